The predicted molar refractivity (Wildman–Crippen MR) is 108 cm³/mol. The molecule has 0 bridgehead atoms. The lowest BCUT2D eigenvalue weighted by atomic mass is 10.0. The third kappa shape index (κ3) is 4.82. The topological polar surface area (TPSA) is 38.7 Å². The quantitative estimate of drug-likeness (QED) is 0.523. The first kappa shape index (κ1) is 22.1. The summed E-state index contributed by atoms with van der Waals surface area (Å²) < 4.78 is 13.1. The van der Waals surface area contributed by atoms with E-state index in [-0.39, 0.29) is 22.1 Å². The molecule has 0 spiro atoms. The number of hydrogen-bond acceptors (Lipinski definition) is 3. The first-order valence-electron chi connectivity index (χ1n) is 9.18. The van der Waals surface area contributed by atoms with Crippen molar-refractivity contribution in [3.05, 3.63) is 12.2 Å². The van der Waals surface area contributed by atoms with E-state index in [1.807, 2.05) is 0 Å². The molecule has 0 unspecified atom stereocenters. The summed E-state index contributed by atoms with van der Waals surface area (Å²) in [5.41, 5.74) is 0.886. The highest BCUT2D eigenvalue weighted by atomic mass is 28.4. The van der Waals surface area contributed by atoms with Crippen molar-refractivity contribution in [2.45, 2.75) is 96.4 Å². The van der Waals surface area contributed by atoms with Gasteiger partial charge in [-0.15, -0.1) is 0 Å². The van der Waals surface area contributed by atoms with Crippen LogP contribution in [0.1, 0.15) is 48.0 Å². The van der Waals surface area contributed by atoms with Crippen molar-refractivity contribution in [3.63, 3.8) is 0 Å². The summed E-state index contributed by atoms with van der Waals surface area (Å²) in [6.45, 7) is 27.3. The van der Waals surface area contributed by atoms with Crippen LogP contribution in [0.4, 0.5) is 0 Å². The van der Waals surface area contributed by atoms with Crippen molar-refractivity contribution in [1.82, 2.24) is 0 Å². The van der Waals surface area contributed by atoms with Crippen LogP contribution in [-0.2, 0) is 8.85 Å². The SMILES string of the molecule is C=C1[C@@H](CO[Si](C)(C)C(C)(C)C)[C@H](O[Si](C)(C)C(C)(C)C)C[C@@H]1O. The van der Waals surface area contributed by atoms with Gasteiger partial charge in [0.15, 0.2) is 16.6 Å². The monoisotopic (exact) mass is 372 g/mol. The van der Waals surface area contributed by atoms with Crippen LogP contribution in [0.5, 0.6) is 0 Å². The van der Waals surface area contributed by atoms with Gasteiger partial charge < -0.3 is 14.0 Å². The van der Waals surface area contributed by atoms with Crippen molar-refractivity contribution >= 4 is 16.6 Å². The number of aliphatic hydroxyl groups excluding tert-OH is 1. The largest absolute Gasteiger partial charge is 0.416 e. The zero-order valence-electron chi connectivity index (χ0n) is 17.6. The number of hydrogen-bond donors (Lipinski definition) is 1. The Morgan fingerprint density at radius 2 is 1.46 bits per heavy atom. The molecular weight excluding hydrogens is 332 g/mol. The molecule has 1 N–H and O–H groups in total. The molecule has 3 nitrogen and oxygen atoms in total. The van der Waals surface area contributed by atoms with Crippen molar-refractivity contribution in [2.75, 3.05) is 6.61 Å². The Balaban J connectivity index is 2.88. The van der Waals surface area contributed by atoms with Crippen LogP contribution < -0.4 is 0 Å². The van der Waals surface area contributed by atoms with Crippen molar-refractivity contribution in [2.24, 2.45) is 5.92 Å². The minimum absolute atomic E-state index is 0.0261. The van der Waals surface area contributed by atoms with Gasteiger partial charge in [0.25, 0.3) is 0 Å². The third-order valence-corrected chi connectivity index (χ3v) is 15.5. The molecule has 3 atom stereocenters. The van der Waals surface area contributed by atoms with E-state index in [0.29, 0.717) is 13.0 Å². The van der Waals surface area contributed by atoms with E-state index in [1.54, 1.807) is 0 Å². The Hall–Kier alpha value is 0.0538. The van der Waals surface area contributed by atoms with Gasteiger partial charge in [-0.25, -0.2) is 0 Å². The highest BCUT2D eigenvalue weighted by Gasteiger charge is 2.46. The summed E-state index contributed by atoms with van der Waals surface area (Å²) in [4.78, 5) is 0. The Morgan fingerprint density at radius 1 is 1.00 bits per heavy atom. The second-order valence-electron chi connectivity index (χ2n) is 10.4. The van der Waals surface area contributed by atoms with Crippen LogP contribution in [0.2, 0.25) is 36.3 Å². The van der Waals surface area contributed by atoms with Gasteiger partial charge in [-0.3, -0.25) is 0 Å². The summed E-state index contributed by atoms with van der Waals surface area (Å²) in [5, 5.41) is 10.7. The van der Waals surface area contributed by atoms with Gasteiger partial charge in [-0.1, -0.05) is 48.1 Å². The summed E-state index contributed by atoms with van der Waals surface area (Å²) in [7, 11) is -3.69. The third-order valence-electron chi connectivity index (χ3n) is 6.49. The average Bonchev–Trinajstić information content (AvgIpc) is 2.59. The second-order valence-corrected chi connectivity index (χ2v) is 20.0. The highest BCUT2D eigenvalue weighted by molar-refractivity contribution is 6.74. The summed E-state index contributed by atoms with van der Waals surface area (Å²) >= 11 is 0. The van der Waals surface area contributed by atoms with Gasteiger partial charge in [-0.05, 0) is 41.8 Å². The summed E-state index contributed by atoms with van der Waals surface area (Å²) in [6.07, 6.45) is 0.211. The minimum atomic E-state index is -1.88. The van der Waals surface area contributed by atoms with Crippen molar-refractivity contribution in [1.29, 1.82) is 0 Å². The Bertz CT molecular complexity index is 458. The fourth-order valence-electron chi connectivity index (χ4n) is 2.44. The normalized spacial score (nSPS) is 27.0. The molecule has 1 saturated carbocycles. The lowest BCUT2D eigenvalue weighted by molar-refractivity contribution is 0.103. The zero-order valence-corrected chi connectivity index (χ0v) is 19.6. The fraction of sp³-hybridized carbons (Fsp3) is 0.895. The molecular formula is C19H40O3Si2. The first-order valence-corrected chi connectivity index (χ1v) is 15.0. The molecule has 0 aromatic rings. The highest BCUT2D eigenvalue weighted by Crippen LogP contribution is 2.43. The zero-order chi connectivity index (χ0) is 19.1. The smallest absolute Gasteiger partial charge is 0.192 e. The van der Waals surface area contributed by atoms with Gasteiger partial charge in [0.2, 0.25) is 0 Å². The molecule has 0 saturated heterocycles. The van der Waals surface area contributed by atoms with Crippen LogP contribution in [0, 0.1) is 5.92 Å². The van der Waals surface area contributed by atoms with E-state index in [2.05, 4.69) is 74.3 Å². The molecule has 0 radical (unpaired) electrons. The van der Waals surface area contributed by atoms with E-state index in [9.17, 15) is 5.11 Å². The number of rotatable bonds is 5. The van der Waals surface area contributed by atoms with Crippen LogP contribution in [-0.4, -0.2) is 40.6 Å². The molecule has 142 valence electrons. The summed E-state index contributed by atoms with van der Waals surface area (Å²) in [5.74, 6) is 0.100. The average molecular weight is 373 g/mol. The maximum Gasteiger partial charge on any atom is 0.192 e. The Morgan fingerprint density at radius 3 is 1.88 bits per heavy atom. The fourth-order valence-corrected chi connectivity index (χ4v) is 4.84. The van der Waals surface area contributed by atoms with E-state index < -0.39 is 22.7 Å². The minimum Gasteiger partial charge on any atom is -0.416 e. The molecule has 0 aliphatic heterocycles. The van der Waals surface area contributed by atoms with E-state index >= 15 is 0 Å². The van der Waals surface area contributed by atoms with E-state index in [4.69, 9.17) is 8.85 Å². The van der Waals surface area contributed by atoms with Gasteiger partial charge in [-0.2, -0.15) is 0 Å². The maximum atomic E-state index is 10.3. The maximum absolute atomic E-state index is 10.3. The second kappa shape index (κ2) is 6.99. The molecule has 1 fully saturated rings. The lowest BCUT2D eigenvalue weighted by Crippen LogP contribution is -2.47. The molecule has 0 heterocycles. The van der Waals surface area contributed by atoms with Crippen LogP contribution in [0.25, 0.3) is 0 Å². The van der Waals surface area contributed by atoms with E-state index in [1.165, 1.54) is 0 Å². The van der Waals surface area contributed by atoms with Gasteiger partial charge in [0, 0.05) is 18.9 Å². The molecule has 1 aliphatic rings. The Kier molecular flexibility index (Phi) is 6.43. The lowest BCUT2D eigenvalue weighted by Gasteiger charge is -2.41. The standard InChI is InChI=1S/C19H40O3Si2/c1-14-15(13-21-23(8,9)18(2,3)4)17(12-16(14)20)22-24(10,11)19(5,6)7/h15-17,20H,1,12-13H2,2-11H3/t15-,16+,17-/m1/s1. The molecule has 24 heavy (non-hydrogen) atoms. The van der Waals surface area contributed by atoms with Crippen LogP contribution >= 0.6 is 0 Å². The molecule has 1 aliphatic carbocycles. The van der Waals surface area contributed by atoms with Crippen molar-refractivity contribution < 1.29 is 14.0 Å². The predicted octanol–water partition coefficient (Wildman–Crippen LogP) is 5.34. The Labute approximate surface area is 152 Å². The van der Waals surface area contributed by atoms with Gasteiger partial charge in [0.1, 0.15) is 0 Å². The molecule has 5 heteroatoms. The molecule has 0 aromatic heterocycles. The van der Waals surface area contributed by atoms with E-state index in [0.717, 1.165) is 5.57 Å². The van der Waals surface area contributed by atoms with Crippen LogP contribution in [0.3, 0.4) is 0 Å². The molecule has 0 aromatic carbocycles. The summed E-state index contributed by atoms with van der Waals surface area (Å²) in [6, 6.07) is 0. The van der Waals surface area contributed by atoms with Gasteiger partial charge in [0.05, 0.1) is 12.2 Å². The first-order chi connectivity index (χ1) is 10.5. The van der Waals surface area contributed by atoms with Crippen molar-refractivity contribution in [3.8, 4) is 0 Å². The van der Waals surface area contributed by atoms with Gasteiger partial charge >= 0.3 is 0 Å². The molecule has 1 rings (SSSR count). The van der Waals surface area contributed by atoms with Crippen LogP contribution in [0.15, 0.2) is 12.2 Å². The molecule has 0 amide bonds. The number of aliphatic hydroxyl groups is 1.